The smallest absolute Gasteiger partial charge is 0.0872 e. The van der Waals surface area contributed by atoms with Crippen LogP contribution in [-0.2, 0) is 4.74 Å². The SMILES string of the molecule is C1CC2CC1C1OC21.CC. The van der Waals surface area contributed by atoms with Gasteiger partial charge in [-0.15, -0.1) is 0 Å². The minimum atomic E-state index is 0.744. The van der Waals surface area contributed by atoms with E-state index in [1.807, 2.05) is 13.8 Å². The average Bonchev–Trinajstić information content (AvgIpc) is 2.61. The summed E-state index contributed by atoms with van der Waals surface area (Å²) >= 11 is 0. The molecule has 0 spiro atoms. The van der Waals surface area contributed by atoms with E-state index in [4.69, 9.17) is 4.74 Å². The number of ether oxygens (including phenoxy) is 1. The third-order valence-corrected chi connectivity index (χ3v) is 3.00. The highest BCUT2D eigenvalue weighted by Gasteiger charge is 2.59. The third kappa shape index (κ3) is 0.731. The summed E-state index contributed by atoms with van der Waals surface area (Å²) in [6, 6.07) is 0. The summed E-state index contributed by atoms with van der Waals surface area (Å²) in [7, 11) is 0. The fraction of sp³-hybridized carbons (Fsp3) is 1.00. The van der Waals surface area contributed by atoms with Gasteiger partial charge in [-0.05, 0) is 31.1 Å². The fourth-order valence-corrected chi connectivity index (χ4v) is 2.54. The van der Waals surface area contributed by atoms with Gasteiger partial charge in [-0.3, -0.25) is 0 Å². The van der Waals surface area contributed by atoms with Crippen molar-refractivity contribution in [3.8, 4) is 0 Å². The van der Waals surface area contributed by atoms with Gasteiger partial charge >= 0.3 is 0 Å². The van der Waals surface area contributed by atoms with Gasteiger partial charge in [0.2, 0.25) is 0 Å². The van der Waals surface area contributed by atoms with Gasteiger partial charge in [-0.2, -0.15) is 0 Å². The molecule has 1 heterocycles. The molecule has 0 N–H and O–H groups in total. The van der Waals surface area contributed by atoms with Gasteiger partial charge in [0, 0.05) is 0 Å². The van der Waals surface area contributed by atoms with Crippen LogP contribution in [0.15, 0.2) is 0 Å². The molecule has 0 aromatic heterocycles. The van der Waals surface area contributed by atoms with Crippen LogP contribution < -0.4 is 0 Å². The van der Waals surface area contributed by atoms with E-state index in [9.17, 15) is 0 Å². The van der Waals surface area contributed by atoms with E-state index >= 15 is 0 Å². The zero-order valence-corrected chi connectivity index (χ0v) is 6.84. The Morgan fingerprint density at radius 2 is 1.50 bits per heavy atom. The number of epoxide rings is 1. The van der Waals surface area contributed by atoms with E-state index in [0.717, 1.165) is 24.0 Å². The molecular formula is C9H16O. The summed E-state index contributed by atoms with van der Waals surface area (Å²) in [6.07, 6.45) is 5.91. The molecule has 3 aliphatic rings. The van der Waals surface area contributed by atoms with Crippen molar-refractivity contribution in [3.05, 3.63) is 0 Å². The molecule has 4 atom stereocenters. The van der Waals surface area contributed by atoms with Crippen LogP contribution in [0.5, 0.6) is 0 Å². The van der Waals surface area contributed by atoms with Gasteiger partial charge in [-0.1, -0.05) is 13.8 Å². The highest BCUT2D eigenvalue weighted by molar-refractivity contribution is 5.07. The van der Waals surface area contributed by atoms with Crippen molar-refractivity contribution in [2.24, 2.45) is 11.8 Å². The lowest BCUT2D eigenvalue weighted by Gasteiger charge is -1.99. The lowest BCUT2D eigenvalue weighted by atomic mass is 10.0. The van der Waals surface area contributed by atoms with Gasteiger partial charge in [0.15, 0.2) is 0 Å². The quantitative estimate of drug-likeness (QED) is 0.470. The van der Waals surface area contributed by atoms with Crippen molar-refractivity contribution < 1.29 is 4.74 Å². The highest BCUT2D eigenvalue weighted by Crippen LogP contribution is 2.55. The summed E-state index contributed by atoms with van der Waals surface area (Å²) in [5.41, 5.74) is 0. The largest absolute Gasteiger partial charge is 0.369 e. The number of fused-ring (bicyclic) bond motifs is 5. The first kappa shape index (κ1) is 6.66. The maximum Gasteiger partial charge on any atom is 0.0872 e. The van der Waals surface area contributed by atoms with Crippen LogP contribution in [0.3, 0.4) is 0 Å². The summed E-state index contributed by atoms with van der Waals surface area (Å²) < 4.78 is 5.44. The molecule has 3 fully saturated rings. The normalized spacial score (nSPS) is 53.4. The zero-order valence-electron chi connectivity index (χ0n) is 6.84. The number of rotatable bonds is 0. The van der Waals surface area contributed by atoms with Gasteiger partial charge in [0.25, 0.3) is 0 Å². The minimum Gasteiger partial charge on any atom is -0.369 e. The van der Waals surface area contributed by atoms with Crippen LogP contribution in [0, 0.1) is 11.8 Å². The standard InChI is InChI=1S/C7H10O.C2H6/c1-2-5-3-4(1)6-7(5)8-6;1-2/h4-7H,1-3H2;1-2H3. The van der Waals surface area contributed by atoms with Crippen LogP contribution >= 0.6 is 0 Å². The minimum absolute atomic E-state index is 0.744. The molecule has 2 bridgehead atoms. The molecule has 58 valence electrons. The molecule has 10 heavy (non-hydrogen) atoms. The second kappa shape index (κ2) is 2.23. The first-order valence-corrected chi connectivity index (χ1v) is 4.60. The molecule has 3 rings (SSSR count). The van der Waals surface area contributed by atoms with E-state index in [2.05, 4.69) is 0 Å². The second-order valence-corrected chi connectivity index (χ2v) is 3.40. The maximum absolute atomic E-state index is 5.44. The monoisotopic (exact) mass is 140 g/mol. The van der Waals surface area contributed by atoms with Crippen LogP contribution in [-0.4, -0.2) is 12.2 Å². The van der Waals surface area contributed by atoms with Crippen LogP contribution in [0.4, 0.5) is 0 Å². The zero-order chi connectivity index (χ0) is 7.14. The molecule has 2 aliphatic carbocycles. The molecule has 0 aromatic carbocycles. The summed E-state index contributed by atoms with van der Waals surface area (Å²) in [4.78, 5) is 0. The maximum atomic E-state index is 5.44. The molecule has 1 saturated heterocycles. The van der Waals surface area contributed by atoms with Crippen molar-refractivity contribution in [1.29, 1.82) is 0 Å². The Morgan fingerprint density at radius 3 is 1.80 bits per heavy atom. The first-order valence-electron chi connectivity index (χ1n) is 4.60. The Morgan fingerprint density at radius 1 is 1.00 bits per heavy atom. The van der Waals surface area contributed by atoms with Gasteiger partial charge < -0.3 is 4.74 Å². The second-order valence-electron chi connectivity index (χ2n) is 3.40. The Balaban J connectivity index is 0.000000188. The third-order valence-electron chi connectivity index (χ3n) is 3.00. The molecule has 1 nitrogen and oxygen atoms in total. The Kier molecular flexibility index (Phi) is 1.48. The lowest BCUT2D eigenvalue weighted by Crippen LogP contribution is -2.04. The molecular weight excluding hydrogens is 124 g/mol. The lowest BCUT2D eigenvalue weighted by molar-refractivity contribution is 0.264. The molecule has 0 aromatic rings. The predicted molar refractivity (Wildman–Crippen MR) is 40.8 cm³/mol. The van der Waals surface area contributed by atoms with E-state index < -0.39 is 0 Å². The summed E-state index contributed by atoms with van der Waals surface area (Å²) in [6.45, 7) is 4.00. The van der Waals surface area contributed by atoms with E-state index in [1.54, 1.807) is 0 Å². The van der Waals surface area contributed by atoms with Crippen molar-refractivity contribution in [2.75, 3.05) is 0 Å². The van der Waals surface area contributed by atoms with E-state index in [-0.39, 0.29) is 0 Å². The predicted octanol–water partition coefficient (Wildman–Crippen LogP) is 2.21. The van der Waals surface area contributed by atoms with Crippen molar-refractivity contribution in [1.82, 2.24) is 0 Å². The van der Waals surface area contributed by atoms with Crippen LogP contribution in [0.1, 0.15) is 33.1 Å². The van der Waals surface area contributed by atoms with Gasteiger partial charge in [-0.25, -0.2) is 0 Å². The molecule has 0 amide bonds. The Bertz CT molecular complexity index is 119. The fourth-order valence-electron chi connectivity index (χ4n) is 2.54. The number of hydrogen-bond donors (Lipinski definition) is 0. The number of hydrogen-bond acceptors (Lipinski definition) is 1. The van der Waals surface area contributed by atoms with Gasteiger partial charge in [0.05, 0.1) is 12.2 Å². The molecule has 4 unspecified atom stereocenters. The average molecular weight is 140 g/mol. The molecule has 1 aliphatic heterocycles. The summed E-state index contributed by atoms with van der Waals surface area (Å²) in [5, 5.41) is 0. The first-order chi connectivity index (χ1) is 4.95. The van der Waals surface area contributed by atoms with Crippen molar-refractivity contribution >= 4 is 0 Å². The Hall–Kier alpha value is -0.0400. The Labute approximate surface area is 62.8 Å². The molecule has 0 radical (unpaired) electrons. The van der Waals surface area contributed by atoms with Crippen molar-refractivity contribution in [2.45, 2.75) is 45.3 Å². The van der Waals surface area contributed by atoms with Crippen molar-refractivity contribution in [3.63, 3.8) is 0 Å². The van der Waals surface area contributed by atoms with E-state index in [0.29, 0.717) is 0 Å². The summed E-state index contributed by atoms with van der Waals surface area (Å²) in [5.74, 6) is 1.98. The van der Waals surface area contributed by atoms with E-state index in [1.165, 1.54) is 19.3 Å². The van der Waals surface area contributed by atoms with Crippen LogP contribution in [0.2, 0.25) is 0 Å². The highest BCUT2D eigenvalue weighted by atomic mass is 16.6. The topological polar surface area (TPSA) is 12.5 Å². The van der Waals surface area contributed by atoms with Gasteiger partial charge in [0.1, 0.15) is 0 Å². The molecule has 1 heteroatoms. The molecule has 2 saturated carbocycles. The van der Waals surface area contributed by atoms with Crippen LogP contribution in [0.25, 0.3) is 0 Å².